The lowest BCUT2D eigenvalue weighted by atomic mass is 9.78. The molecule has 85 heavy (non-hydrogen) atoms. The largest absolute Gasteiger partial charge is 0.508 e. The number of benzene rings is 3. The maximum absolute atomic E-state index is 13.3. The van der Waals surface area contributed by atoms with Gasteiger partial charge in [0, 0.05) is 17.8 Å². The Morgan fingerprint density at radius 2 is 0.871 bits per heavy atom. The normalized spacial score (nSPS) is 39.0. The Morgan fingerprint density at radius 1 is 0.435 bits per heavy atom. The third kappa shape index (κ3) is 17.6. The van der Waals surface area contributed by atoms with Crippen LogP contribution in [0.4, 0.5) is 4.79 Å². The molecule has 25 atom stereocenters. The fourth-order valence-corrected chi connectivity index (χ4v) is 12.9. The van der Waals surface area contributed by atoms with E-state index in [1.165, 1.54) is 0 Å². The molecule has 5 aliphatic rings. The molecule has 5 fully saturated rings. The summed E-state index contributed by atoms with van der Waals surface area (Å²) in [6.45, 7) is 25.6. The second kappa shape index (κ2) is 31.8. The Morgan fingerprint density at radius 3 is 1.44 bits per heavy atom. The van der Waals surface area contributed by atoms with E-state index in [-0.39, 0.29) is 79.6 Å². The van der Waals surface area contributed by atoms with Gasteiger partial charge in [0.05, 0.1) is 57.5 Å². The molecule has 0 spiro atoms. The topological polar surface area (TPSA) is 167 Å². The first-order valence-corrected chi connectivity index (χ1v) is 32.2. The van der Waals surface area contributed by atoms with Crippen molar-refractivity contribution in [3.05, 3.63) is 108 Å². The summed E-state index contributed by atoms with van der Waals surface area (Å²) in [6, 6.07) is 29.7. The Labute approximate surface area is 519 Å². The van der Waals surface area contributed by atoms with Crippen molar-refractivity contribution in [3.8, 4) is 0 Å². The number of aliphatic hydroxyl groups is 1. The monoisotopic (exact) mass is 1250 g/mol. The molecule has 16 nitrogen and oxygen atoms in total. The first kappa shape index (κ1) is 68.2. The van der Waals surface area contributed by atoms with E-state index in [2.05, 4.69) is 62.3 Å². The predicted octanol–water partition coefficient (Wildman–Crippen LogP) is 13.0. The number of aliphatic hydroxyl groups excluding tert-OH is 1. The van der Waals surface area contributed by atoms with Gasteiger partial charge in [0.25, 0.3) is 0 Å². The number of halogens is 3. The molecule has 19 heteroatoms. The van der Waals surface area contributed by atoms with E-state index < -0.39 is 96.8 Å². The first-order chi connectivity index (χ1) is 40.7. The summed E-state index contributed by atoms with van der Waals surface area (Å²) in [5.41, 5.74) is 2.88. The Hall–Kier alpha value is -2.72. The minimum Gasteiger partial charge on any atom is -0.430 e. The van der Waals surface area contributed by atoms with Crippen LogP contribution in [-0.2, 0) is 86.1 Å². The molecule has 0 saturated carbocycles. The van der Waals surface area contributed by atoms with Crippen molar-refractivity contribution in [2.45, 2.75) is 225 Å². The predicted molar refractivity (Wildman–Crippen MR) is 322 cm³/mol. The van der Waals surface area contributed by atoms with Crippen molar-refractivity contribution >= 4 is 41.0 Å². The summed E-state index contributed by atoms with van der Waals surface area (Å²) >= 11 is 17.9. The third-order valence-corrected chi connectivity index (χ3v) is 19.4. The summed E-state index contributed by atoms with van der Waals surface area (Å²) in [6.07, 6.45) is -11.9. The van der Waals surface area contributed by atoms with Crippen LogP contribution in [0.25, 0.3) is 0 Å². The molecule has 5 saturated heterocycles. The fourth-order valence-electron chi connectivity index (χ4n) is 12.8. The maximum atomic E-state index is 13.3. The van der Waals surface area contributed by atoms with Crippen LogP contribution in [0, 0.1) is 53.3 Å². The molecule has 476 valence electrons. The lowest BCUT2D eigenvalue weighted by molar-refractivity contribution is -0.390. The Kier molecular flexibility index (Phi) is 25.5. The van der Waals surface area contributed by atoms with Crippen molar-refractivity contribution in [1.29, 1.82) is 0 Å². The Balaban J connectivity index is 1.17. The molecule has 5 aliphatic heterocycles. The lowest BCUT2D eigenvalue weighted by Gasteiger charge is -2.52. The molecule has 8 rings (SSSR count). The maximum Gasteiger partial charge on any atom is 0.508 e. The van der Waals surface area contributed by atoms with Gasteiger partial charge in [0.1, 0.15) is 43.2 Å². The van der Waals surface area contributed by atoms with E-state index in [0.717, 1.165) is 23.1 Å². The van der Waals surface area contributed by atoms with Crippen molar-refractivity contribution in [3.63, 3.8) is 0 Å². The molecule has 0 aliphatic carbocycles. The molecule has 5 heterocycles. The number of hydrogen-bond donors (Lipinski definition) is 1. The average Bonchev–Trinajstić information content (AvgIpc) is 3.03. The van der Waals surface area contributed by atoms with Crippen LogP contribution in [0.3, 0.4) is 0 Å². The minimum absolute atomic E-state index is 0.000860. The minimum atomic E-state index is -1.87. The number of ether oxygens (including phenoxy) is 14. The average molecular weight is 1250 g/mol. The standard InChI is InChI=1S/C66H95Cl3O16/c1-13-49-38(5)37(4)44(11)61(77-49)83-57-42(9)40(7)51(15-3)79-63(57)84-58-54(70)52(35-75-62-56(41(8)39(6)50(14-2)78-62)85-65(71)76-36-66(67,68)69)80-64(59(58)73-32-47-27-21-17-22-28-47)82-55-43(10)45(12)60(74-33-48-29-23-18-24-30-48)81-53(55)34-72-31-46-25-19-16-20-26-46/h16-30,37-45,49-64,70H,13-15,31-36H2,1-12H3/t37-,38-,39-,40+,41-,42?,43+,44?,45?,49?,50?,51?,52?,53?,54+,55-,56?,57-,58-,59?,60+,61-,62-,63-,64-/m0/s1. The smallest absolute Gasteiger partial charge is 0.430 e. The summed E-state index contributed by atoms with van der Waals surface area (Å²) in [7, 11) is 0. The number of carbonyl (C=O) groups is 1. The summed E-state index contributed by atoms with van der Waals surface area (Å²) in [5.74, 6) is -0.0589. The second-order valence-electron chi connectivity index (χ2n) is 24.6. The molecule has 0 amide bonds. The number of hydrogen-bond acceptors (Lipinski definition) is 16. The van der Waals surface area contributed by atoms with Gasteiger partial charge in [-0.15, -0.1) is 0 Å². The quantitative estimate of drug-likeness (QED) is 0.0664. The van der Waals surface area contributed by atoms with Gasteiger partial charge in [0.15, 0.2) is 37.6 Å². The van der Waals surface area contributed by atoms with Crippen LogP contribution in [0.1, 0.15) is 119 Å². The van der Waals surface area contributed by atoms with Gasteiger partial charge < -0.3 is 71.4 Å². The van der Waals surface area contributed by atoms with Crippen LogP contribution in [0.5, 0.6) is 0 Å². The highest BCUT2D eigenvalue weighted by molar-refractivity contribution is 6.67. The molecule has 0 aromatic heterocycles. The van der Waals surface area contributed by atoms with Gasteiger partial charge >= 0.3 is 6.16 Å². The first-order valence-electron chi connectivity index (χ1n) is 31.1. The van der Waals surface area contributed by atoms with Crippen LogP contribution >= 0.6 is 34.8 Å². The molecule has 3 aromatic rings. The van der Waals surface area contributed by atoms with Crippen molar-refractivity contribution < 1.29 is 76.2 Å². The number of rotatable bonds is 24. The van der Waals surface area contributed by atoms with Gasteiger partial charge in [0.2, 0.25) is 3.79 Å². The van der Waals surface area contributed by atoms with Crippen molar-refractivity contribution in [1.82, 2.24) is 0 Å². The summed E-state index contributed by atoms with van der Waals surface area (Å²) in [4.78, 5) is 13.3. The van der Waals surface area contributed by atoms with Crippen LogP contribution in [0.15, 0.2) is 91.0 Å². The number of carbonyl (C=O) groups excluding carboxylic acids is 1. The van der Waals surface area contributed by atoms with Crippen molar-refractivity contribution in [2.75, 3.05) is 19.8 Å². The highest BCUT2D eigenvalue weighted by Gasteiger charge is 2.56. The van der Waals surface area contributed by atoms with Gasteiger partial charge in [-0.25, -0.2) is 4.79 Å². The van der Waals surface area contributed by atoms with Gasteiger partial charge in [-0.3, -0.25) is 0 Å². The summed E-state index contributed by atoms with van der Waals surface area (Å²) in [5, 5.41) is 13.2. The molecule has 0 bridgehead atoms. The molecule has 0 radical (unpaired) electrons. The van der Waals surface area contributed by atoms with Crippen LogP contribution in [0.2, 0.25) is 0 Å². The molecular formula is C66H95Cl3O16. The lowest BCUT2D eigenvalue weighted by Crippen LogP contribution is -2.65. The van der Waals surface area contributed by atoms with Gasteiger partial charge in [-0.1, -0.05) is 209 Å². The highest BCUT2D eigenvalue weighted by Crippen LogP contribution is 2.44. The molecule has 1 N–H and O–H groups in total. The SMILES string of the molecule is CCC1O[C@@H](O[C@@H]2C(OCc3ccccc3)[C@H](O[C@@H]3C(COCc4ccccc4)O[C@@H](OCc4ccccc4)C(C)[C@H]3C)OC(CO[C@H]3OC(CC)[C@@H](C)[C@H](C)C3OC(=O)OCC(Cl)(Cl)Cl)[C@H]2O)[C@@H](O[C@@H]2OC(CC)[C@@H](C)[C@H](C)C2C)C(C)[C@H]1C. The van der Waals surface area contributed by atoms with Gasteiger partial charge in [-0.2, -0.15) is 0 Å². The third-order valence-electron chi connectivity index (χ3n) is 19.1. The van der Waals surface area contributed by atoms with Crippen LogP contribution < -0.4 is 0 Å². The van der Waals surface area contributed by atoms with E-state index >= 15 is 0 Å². The zero-order valence-corrected chi connectivity index (χ0v) is 53.9. The summed E-state index contributed by atoms with van der Waals surface area (Å²) < 4.78 is 92.6. The van der Waals surface area contributed by atoms with Gasteiger partial charge in [-0.05, 0) is 71.5 Å². The highest BCUT2D eigenvalue weighted by atomic mass is 35.6. The molecule has 10 unspecified atom stereocenters. The zero-order chi connectivity index (χ0) is 61.1. The Bertz CT molecular complexity index is 2430. The van der Waals surface area contributed by atoms with E-state index in [9.17, 15) is 9.90 Å². The van der Waals surface area contributed by atoms with E-state index in [4.69, 9.17) is 101 Å². The molecular weight excluding hydrogens is 1160 g/mol. The van der Waals surface area contributed by atoms with E-state index in [0.29, 0.717) is 37.9 Å². The van der Waals surface area contributed by atoms with Crippen LogP contribution in [-0.4, -0.2) is 133 Å². The van der Waals surface area contributed by atoms with Crippen molar-refractivity contribution in [2.24, 2.45) is 53.3 Å². The molecule has 3 aromatic carbocycles. The zero-order valence-electron chi connectivity index (χ0n) is 51.7. The fraction of sp³-hybridized carbons (Fsp3) is 0.712. The number of alkyl halides is 3. The van der Waals surface area contributed by atoms with E-state index in [1.54, 1.807) is 0 Å². The van der Waals surface area contributed by atoms with E-state index in [1.807, 2.05) is 112 Å². The second-order valence-corrected chi connectivity index (χ2v) is 27.1.